The lowest BCUT2D eigenvalue weighted by Gasteiger charge is -2.14. The van der Waals surface area contributed by atoms with Crippen molar-refractivity contribution in [3.05, 3.63) is 76.3 Å². The second-order valence-corrected chi connectivity index (χ2v) is 8.16. The van der Waals surface area contributed by atoms with Crippen molar-refractivity contribution in [2.24, 2.45) is 0 Å². The number of anilines is 1. The number of nitrogens with zero attached hydrogens (tertiary/aromatic N) is 2. The third-order valence-electron chi connectivity index (χ3n) is 3.99. The van der Waals surface area contributed by atoms with Crippen LogP contribution in [0.3, 0.4) is 0 Å². The number of thioether (sulfide) groups is 2. The molecule has 0 aliphatic heterocycles. The van der Waals surface area contributed by atoms with Gasteiger partial charge >= 0.3 is 5.97 Å². The maximum atomic E-state index is 12.5. The number of methoxy groups -OCH3 is 1. The van der Waals surface area contributed by atoms with E-state index in [4.69, 9.17) is 16.3 Å². The topological polar surface area (TPSA) is 64.1 Å². The molecule has 2 aromatic carbocycles. The summed E-state index contributed by atoms with van der Waals surface area (Å²) in [6.45, 7) is 0.470. The highest BCUT2D eigenvalue weighted by atomic mass is 35.5. The zero-order chi connectivity index (χ0) is 20.6. The summed E-state index contributed by atoms with van der Waals surface area (Å²) in [5, 5.41) is 5.08. The Bertz CT molecular complexity index is 987. The summed E-state index contributed by atoms with van der Waals surface area (Å²) in [5.74, 6) is 0.664. The summed E-state index contributed by atoms with van der Waals surface area (Å²) in [7, 11) is 1.36. The van der Waals surface area contributed by atoms with Crippen LogP contribution in [-0.2, 0) is 17.0 Å². The zero-order valence-corrected chi connectivity index (χ0v) is 18.4. The Balaban J connectivity index is 1.91. The molecule has 0 aliphatic carbocycles. The van der Waals surface area contributed by atoms with Crippen LogP contribution >= 0.6 is 35.1 Å². The average Bonchev–Trinajstić information content (AvgIpc) is 2.76. The van der Waals surface area contributed by atoms with Gasteiger partial charge in [0, 0.05) is 17.3 Å². The summed E-state index contributed by atoms with van der Waals surface area (Å²) < 4.78 is 5.01. The van der Waals surface area contributed by atoms with Gasteiger partial charge in [-0.05, 0) is 29.5 Å². The fourth-order valence-corrected chi connectivity index (χ4v) is 4.20. The number of carbonyl (C=O) groups excluding carboxylic acids is 1. The van der Waals surface area contributed by atoms with E-state index in [0.29, 0.717) is 38.9 Å². The molecule has 3 rings (SSSR count). The molecule has 0 atom stereocenters. The summed E-state index contributed by atoms with van der Waals surface area (Å²) >= 11 is 8.98. The largest absolute Gasteiger partial charge is 0.465 e. The number of hydrogen-bond acceptors (Lipinski definition) is 7. The van der Waals surface area contributed by atoms with Gasteiger partial charge in [-0.15, -0.1) is 11.8 Å². The lowest BCUT2D eigenvalue weighted by molar-refractivity contribution is 0.0596. The maximum Gasteiger partial charge on any atom is 0.344 e. The van der Waals surface area contributed by atoms with Crippen LogP contribution in [0, 0.1) is 0 Å². The van der Waals surface area contributed by atoms with Crippen LogP contribution < -0.4 is 5.32 Å². The minimum absolute atomic E-state index is 0.341. The minimum Gasteiger partial charge on any atom is -0.465 e. The molecular formula is C21H20ClN3O2S2. The fraction of sp³-hybridized carbons (Fsp3) is 0.190. The van der Waals surface area contributed by atoms with E-state index in [0.717, 1.165) is 11.1 Å². The van der Waals surface area contributed by atoms with Crippen molar-refractivity contribution >= 4 is 46.9 Å². The molecule has 150 valence electrons. The number of esters is 1. The van der Waals surface area contributed by atoms with Crippen molar-refractivity contribution in [2.45, 2.75) is 22.5 Å². The number of hydrogen-bond donors (Lipinski definition) is 1. The third kappa shape index (κ3) is 5.88. The monoisotopic (exact) mass is 445 g/mol. The molecule has 0 spiro atoms. The van der Waals surface area contributed by atoms with Gasteiger partial charge < -0.3 is 10.1 Å². The summed E-state index contributed by atoms with van der Waals surface area (Å²) in [6.07, 6.45) is 1.90. The first-order chi connectivity index (χ1) is 14.1. The van der Waals surface area contributed by atoms with Crippen molar-refractivity contribution in [1.82, 2.24) is 9.97 Å². The molecule has 29 heavy (non-hydrogen) atoms. The zero-order valence-electron chi connectivity index (χ0n) is 16.0. The Morgan fingerprint density at radius 3 is 2.55 bits per heavy atom. The first-order valence-electron chi connectivity index (χ1n) is 8.80. The molecule has 0 fully saturated rings. The second kappa shape index (κ2) is 10.5. The van der Waals surface area contributed by atoms with Gasteiger partial charge in [0.25, 0.3) is 0 Å². The Morgan fingerprint density at radius 1 is 1.10 bits per heavy atom. The Morgan fingerprint density at radius 2 is 1.86 bits per heavy atom. The number of ether oxygens (including phenoxy) is 1. The highest BCUT2D eigenvalue weighted by molar-refractivity contribution is 7.99. The van der Waals surface area contributed by atoms with Crippen LogP contribution in [0.2, 0.25) is 5.02 Å². The van der Waals surface area contributed by atoms with E-state index in [1.54, 1.807) is 0 Å². The minimum atomic E-state index is -0.471. The van der Waals surface area contributed by atoms with Gasteiger partial charge in [-0.3, -0.25) is 0 Å². The molecule has 0 saturated heterocycles. The lowest BCUT2D eigenvalue weighted by atomic mass is 10.2. The summed E-state index contributed by atoms with van der Waals surface area (Å²) in [6, 6.07) is 17.6. The standard InChI is InChI=1S/C21H20ClN3O2S2/c1-27-20(26)17-18(23-12-15-9-6-10-16(22)11-15)24-21(28-2)25-19(17)29-13-14-7-4-3-5-8-14/h3-11H,12-13H2,1-2H3,(H,23,24,25). The number of halogens is 1. The number of aromatic nitrogens is 2. The third-order valence-corrected chi connectivity index (χ3v) is 5.82. The maximum absolute atomic E-state index is 12.5. The van der Waals surface area contributed by atoms with Crippen LogP contribution in [0.5, 0.6) is 0 Å². The number of carbonyl (C=O) groups is 1. The van der Waals surface area contributed by atoms with Crippen LogP contribution in [0.4, 0.5) is 5.82 Å². The predicted octanol–water partition coefficient (Wildman–Crippen LogP) is 5.54. The van der Waals surface area contributed by atoms with Gasteiger partial charge in [0.15, 0.2) is 5.16 Å². The van der Waals surface area contributed by atoms with Gasteiger partial charge in [-0.25, -0.2) is 14.8 Å². The molecule has 0 unspecified atom stereocenters. The highest BCUT2D eigenvalue weighted by Gasteiger charge is 2.22. The predicted molar refractivity (Wildman–Crippen MR) is 120 cm³/mol. The van der Waals surface area contributed by atoms with Crippen molar-refractivity contribution < 1.29 is 9.53 Å². The Labute approximate surface area is 183 Å². The Kier molecular flexibility index (Phi) is 7.80. The molecular weight excluding hydrogens is 426 g/mol. The molecule has 1 N–H and O–H groups in total. The average molecular weight is 446 g/mol. The van der Waals surface area contributed by atoms with Crippen molar-refractivity contribution in [3.8, 4) is 0 Å². The first-order valence-corrected chi connectivity index (χ1v) is 11.4. The second-order valence-electron chi connectivity index (χ2n) is 5.99. The molecule has 1 aromatic heterocycles. The molecule has 0 saturated carbocycles. The van der Waals surface area contributed by atoms with Gasteiger partial charge in [-0.2, -0.15) is 0 Å². The van der Waals surface area contributed by atoms with Crippen LogP contribution in [0.15, 0.2) is 64.8 Å². The van der Waals surface area contributed by atoms with Crippen molar-refractivity contribution in [3.63, 3.8) is 0 Å². The van der Waals surface area contributed by atoms with Gasteiger partial charge in [0.05, 0.1) is 7.11 Å². The van der Waals surface area contributed by atoms with Crippen molar-refractivity contribution in [1.29, 1.82) is 0 Å². The van der Waals surface area contributed by atoms with E-state index in [-0.39, 0.29) is 0 Å². The van der Waals surface area contributed by atoms with Crippen molar-refractivity contribution in [2.75, 3.05) is 18.7 Å². The number of benzene rings is 2. The van der Waals surface area contributed by atoms with E-state index in [1.165, 1.54) is 30.6 Å². The SMILES string of the molecule is COC(=O)c1c(NCc2cccc(Cl)c2)nc(SC)nc1SCc1ccccc1. The highest BCUT2D eigenvalue weighted by Crippen LogP contribution is 2.31. The normalized spacial score (nSPS) is 10.6. The molecule has 8 heteroatoms. The first kappa shape index (κ1) is 21.5. The van der Waals surface area contributed by atoms with E-state index < -0.39 is 5.97 Å². The van der Waals surface area contributed by atoms with E-state index in [1.807, 2.05) is 60.9 Å². The molecule has 5 nitrogen and oxygen atoms in total. The van der Waals surface area contributed by atoms with Gasteiger partial charge in [0.1, 0.15) is 16.4 Å². The fourth-order valence-electron chi connectivity index (χ4n) is 2.59. The number of nitrogens with one attached hydrogen (secondary N) is 1. The van der Waals surface area contributed by atoms with Gasteiger partial charge in [0.2, 0.25) is 0 Å². The number of rotatable bonds is 8. The quantitative estimate of drug-likeness (QED) is 0.211. The van der Waals surface area contributed by atoms with E-state index in [2.05, 4.69) is 15.3 Å². The molecule has 0 aliphatic rings. The molecule has 0 radical (unpaired) electrons. The van der Waals surface area contributed by atoms with E-state index in [9.17, 15) is 4.79 Å². The van der Waals surface area contributed by atoms with Gasteiger partial charge in [-0.1, -0.05) is 65.8 Å². The summed E-state index contributed by atoms with van der Waals surface area (Å²) in [5.41, 5.74) is 2.47. The molecule has 3 aromatic rings. The molecule has 0 amide bonds. The van der Waals surface area contributed by atoms with Crippen LogP contribution in [0.25, 0.3) is 0 Å². The Hall–Kier alpha value is -2.22. The molecule has 1 heterocycles. The van der Waals surface area contributed by atoms with E-state index >= 15 is 0 Å². The molecule has 0 bridgehead atoms. The van der Waals surface area contributed by atoms with Crippen LogP contribution in [0.1, 0.15) is 21.5 Å². The van der Waals surface area contributed by atoms with Crippen LogP contribution in [-0.4, -0.2) is 29.3 Å². The summed E-state index contributed by atoms with van der Waals surface area (Å²) in [4.78, 5) is 21.6. The lowest BCUT2D eigenvalue weighted by Crippen LogP contribution is -2.13. The smallest absolute Gasteiger partial charge is 0.344 e.